The van der Waals surface area contributed by atoms with Crippen LogP contribution in [0.3, 0.4) is 0 Å². The predicted octanol–water partition coefficient (Wildman–Crippen LogP) is 15.1. The summed E-state index contributed by atoms with van der Waals surface area (Å²) in [6.45, 7) is 41.4. The van der Waals surface area contributed by atoms with Gasteiger partial charge in [0.15, 0.2) is 0 Å². The molecule has 0 saturated carbocycles. The largest absolute Gasteiger partial charge is 0.492 e. The molecule has 4 aromatic carbocycles. The normalized spacial score (nSPS) is 25.2. The highest BCUT2D eigenvalue weighted by molar-refractivity contribution is 5.63. The second kappa shape index (κ2) is 28.2. The minimum Gasteiger partial charge on any atom is -0.492 e. The maximum absolute atomic E-state index is 7.38. The molecule has 8 bridgehead atoms. The second-order valence-electron chi connectivity index (χ2n) is 31.7. The molecule has 0 aromatic heterocycles. The van der Waals surface area contributed by atoms with E-state index in [0.717, 1.165) is 142 Å². The highest BCUT2D eigenvalue weighted by Gasteiger charge is 2.46. The number of hydrogen-bond donors (Lipinski definition) is 0. The van der Waals surface area contributed by atoms with E-state index in [2.05, 4.69) is 132 Å². The van der Waals surface area contributed by atoms with Crippen LogP contribution < -0.4 is 37.9 Å². The minimum atomic E-state index is -0.296. The van der Waals surface area contributed by atoms with Crippen LogP contribution in [0.4, 0.5) is 0 Å². The first-order valence-electron chi connectivity index (χ1n) is 36.8. The fraction of sp³-hybridized carbons (Fsp3) is 0.700. The van der Waals surface area contributed by atoms with E-state index in [1.807, 2.05) is 0 Å². The van der Waals surface area contributed by atoms with E-state index in [0.29, 0.717) is 159 Å². The third-order valence-electron chi connectivity index (χ3n) is 25.1. The summed E-state index contributed by atoms with van der Waals surface area (Å²) >= 11 is 0. The van der Waals surface area contributed by atoms with Gasteiger partial charge in [0.05, 0.1) is 202 Å². The van der Waals surface area contributed by atoms with E-state index < -0.39 is 0 Å². The topological polar surface area (TPSA) is 148 Å². The Labute approximate surface area is 572 Å². The summed E-state index contributed by atoms with van der Waals surface area (Å²) in [4.78, 5) is 0. The summed E-state index contributed by atoms with van der Waals surface area (Å²) < 4.78 is 107. The van der Waals surface area contributed by atoms with Crippen molar-refractivity contribution in [1.29, 1.82) is 0 Å². The van der Waals surface area contributed by atoms with E-state index in [9.17, 15) is 0 Å². The van der Waals surface area contributed by atoms with Crippen LogP contribution >= 0.6 is 0 Å². The molecule has 0 atom stereocenters. The van der Waals surface area contributed by atoms with Gasteiger partial charge in [0, 0.05) is 92.4 Å². The molecule has 4 aromatic rings. The van der Waals surface area contributed by atoms with Crippen molar-refractivity contribution in [2.24, 2.45) is 43.3 Å². The summed E-state index contributed by atoms with van der Waals surface area (Å²) in [6.07, 6.45) is 7.40. The van der Waals surface area contributed by atoms with Crippen molar-refractivity contribution in [1.82, 2.24) is 0 Å². The van der Waals surface area contributed by atoms with Gasteiger partial charge in [-0.1, -0.05) is 83.1 Å². The fourth-order valence-electron chi connectivity index (χ4n) is 14.8. The lowest BCUT2D eigenvalue weighted by atomic mass is 9.80. The molecule has 96 heavy (non-hydrogen) atoms. The zero-order valence-electron chi connectivity index (χ0n) is 60.1. The van der Waals surface area contributed by atoms with Gasteiger partial charge in [-0.2, -0.15) is 0 Å². The number of hydrogen-bond acceptors (Lipinski definition) is 16. The van der Waals surface area contributed by atoms with Crippen molar-refractivity contribution >= 4 is 0 Å². The Morgan fingerprint density at radius 3 is 0.417 bits per heavy atom. The van der Waals surface area contributed by atoms with E-state index in [1.165, 1.54) is 0 Å². The van der Waals surface area contributed by atoms with Gasteiger partial charge in [0.2, 0.25) is 0 Å². The zero-order chi connectivity index (χ0) is 67.1. The molecule has 13 rings (SSSR count). The quantitative estimate of drug-likeness (QED) is 0.0456. The summed E-state index contributed by atoms with van der Waals surface area (Å²) in [5.74, 6) is 4.97. The van der Waals surface area contributed by atoms with Crippen molar-refractivity contribution in [2.75, 3.05) is 159 Å². The lowest BCUT2D eigenvalue weighted by Gasteiger charge is -2.42. The minimum absolute atomic E-state index is 0.120. The van der Waals surface area contributed by atoms with Crippen LogP contribution in [0.25, 0.3) is 0 Å². The Hall–Kier alpha value is -5.04. The smallest absolute Gasteiger partial charge is 0.126 e. The molecule has 0 spiro atoms. The van der Waals surface area contributed by atoms with Gasteiger partial charge in [-0.15, -0.1) is 0 Å². The summed E-state index contributed by atoms with van der Waals surface area (Å²) in [7, 11) is 0. The SMILES string of the molecule is CCC1(COc2cc(OCC3(CC)COC3)c3cc2C(C)c2cc(c(OCC4(CC)COC4)cc2OCC2(CC)COC2)C(C)c2cc(c(OCC4(CC)COC4)cc2OCC2(CC)COC2)C(C)c2cc(c(OCC4(CC)COC4)cc2OCC2(CC)COC2)C3C)COC1. The average molecular weight is 1330 g/mol. The van der Waals surface area contributed by atoms with E-state index in [4.69, 9.17) is 75.8 Å². The molecule has 0 unspecified atom stereocenters. The number of benzene rings is 4. The third kappa shape index (κ3) is 13.4. The first-order valence-corrected chi connectivity index (χ1v) is 36.8. The number of ether oxygens (including phenoxy) is 16. The van der Waals surface area contributed by atoms with E-state index >= 15 is 0 Å². The zero-order valence-corrected chi connectivity index (χ0v) is 60.1. The summed E-state index contributed by atoms with van der Waals surface area (Å²) in [5, 5.41) is 0. The van der Waals surface area contributed by atoms with Crippen molar-refractivity contribution in [3.63, 3.8) is 0 Å². The molecular formula is C80H112O16. The molecule has 16 heteroatoms. The third-order valence-corrected chi connectivity index (χ3v) is 25.1. The average Bonchev–Trinajstić information content (AvgIpc) is 0.751. The lowest BCUT2D eigenvalue weighted by Crippen LogP contribution is -2.47. The summed E-state index contributed by atoms with van der Waals surface area (Å²) in [6, 6.07) is 18.3. The van der Waals surface area contributed by atoms with Gasteiger partial charge >= 0.3 is 0 Å². The van der Waals surface area contributed by atoms with Crippen molar-refractivity contribution in [3.05, 3.63) is 93.0 Å². The van der Waals surface area contributed by atoms with Gasteiger partial charge in [0.25, 0.3) is 0 Å². The first-order chi connectivity index (χ1) is 46.4. The van der Waals surface area contributed by atoms with Gasteiger partial charge in [-0.25, -0.2) is 0 Å². The van der Waals surface area contributed by atoms with E-state index in [-0.39, 0.29) is 67.0 Å². The second-order valence-corrected chi connectivity index (χ2v) is 31.7. The van der Waals surface area contributed by atoms with Crippen molar-refractivity contribution < 1.29 is 75.8 Å². The molecule has 0 N–H and O–H groups in total. The Morgan fingerprint density at radius 2 is 0.333 bits per heavy atom. The highest BCUT2D eigenvalue weighted by atomic mass is 16.6. The Bertz CT molecular complexity index is 2660. The maximum Gasteiger partial charge on any atom is 0.126 e. The highest BCUT2D eigenvalue weighted by Crippen LogP contribution is 2.54. The van der Waals surface area contributed by atoms with Crippen LogP contribution in [0.1, 0.15) is 203 Å². The van der Waals surface area contributed by atoms with Gasteiger partial charge in [-0.05, 0) is 75.6 Å². The Morgan fingerprint density at radius 1 is 0.219 bits per heavy atom. The Kier molecular flexibility index (Phi) is 20.4. The molecule has 528 valence electrons. The number of rotatable bonds is 32. The molecule has 8 heterocycles. The molecular weight excluding hydrogens is 1220 g/mol. The monoisotopic (exact) mass is 1330 g/mol. The van der Waals surface area contributed by atoms with Crippen LogP contribution in [-0.2, 0) is 37.9 Å². The van der Waals surface area contributed by atoms with Crippen LogP contribution in [0.5, 0.6) is 46.0 Å². The van der Waals surface area contributed by atoms with Gasteiger partial charge < -0.3 is 75.8 Å². The van der Waals surface area contributed by atoms with Crippen molar-refractivity contribution in [3.8, 4) is 46.0 Å². The maximum atomic E-state index is 7.38. The van der Waals surface area contributed by atoms with Crippen LogP contribution in [-0.4, -0.2) is 159 Å². The Balaban J connectivity index is 1.08. The van der Waals surface area contributed by atoms with Crippen LogP contribution in [0.2, 0.25) is 0 Å². The molecule has 1 aliphatic carbocycles. The summed E-state index contributed by atoms with van der Waals surface area (Å²) in [5.41, 5.74) is 7.21. The molecule has 8 saturated heterocycles. The lowest BCUT2D eigenvalue weighted by molar-refractivity contribution is -0.134. The fourth-order valence-corrected chi connectivity index (χ4v) is 14.8. The molecule has 0 radical (unpaired) electrons. The van der Waals surface area contributed by atoms with Gasteiger partial charge in [0.1, 0.15) is 46.0 Å². The van der Waals surface area contributed by atoms with Crippen LogP contribution in [0.15, 0.2) is 48.5 Å². The molecule has 9 aliphatic rings. The molecule has 8 fully saturated rings. The number of fused-ring (bicyclic) bond motifs is 8. The van der Waals surface area contributed by atoms with Crippen LogP contribution in [0, 0.1) is 43.3 Å². The molecule has 16 nitrogen and oxygen atoms in total. The predicted molar refractivity (Wildman–Crippen MR) is 368 cm³/mol. The van der Waals surface area contributed by atoms with Crippen molar-refractivity contribution in [2.45, 2.75) is 158 Å². The molecule has 0 amide bonds. The van der Waals surface area contributed by atoms with E-state index in [1.54, 1.807) is 0 Å². The standard InChI is InChI=1S/C80H112O16/c1-13-73(29-81-30-73)45-89-65-25-66(90-46-74(14-2)31-82-32-74)58-21-57(65)53(9)59-22-60(68(92-48-76(16-4)35-84-36-76)26-67(59)91-47-75(15-3)33-83-34-75)55(11)63-24-64(72(96-52-80(20-8)43-88-44-80)28-71(63)95-51-79(19-7)41-87-42-79)56(12)62-23-61(54(58)10)69(93-49-77(17-5)37-85-38-77)27-70(62)94-50-78(18-6)39-86-40-78/h21-28,53-56H,13-20,29-52H2,1-12H3. The first kappa shape index (κ1) is 69.4. The van der Waals surface area contributed by atoms with Gasteiger partial charge in [-0.3, -0.25) is 0 Å². The molecule has 8 aliphatic heterocycles.